The molecule has 4 heteroatoms. The Bertz CT molecular complexity index is 352. The van der Waals surface area contributed by atoms with E-state index in [1.807, 2.05) is 0 Å². The Morgan fingerprint density at radius 2 is 1.50 bits per heavy atom. The molecule has 0 heterocycles. The van der Waals surface area contributed by atoms with Gasteiger partial charge in [0.1, 0.15) is 12.5 Å². The minimum atomic E-state index is -1.14. The zero-order valence-corrected chi connectivity index (χ0v) is 10.5. The summed E-state index contributed by atoms with van der Waals surface area (Å²) in [6.07, 6.45) is 4.92. The molecule has 4 rings (SSSR count). The van der Waals surface area contributed by atoms with E-state index >= 15 is 0 Å². The monoisotopic (exact) mass is 252 g/mol. The molecule has 0 aromatic heterocycles. The molecule has 4 aliphatic carbocycles. The van der Waals surface area contributed by atoms with Gasteiger partial charge in [0.2, 0.25) is 0 Å². The van der Waals surface area contributed by atoms with E-state index in [2.05, 4.69) is 0 Å². The van der Waals surface area contributed by atoms with E-state index in [9.17, 15) is 14.7 Å². The van der Waals surface area contributed by atoms with E-state index < -0.39 is 24.3 Å². The standard InChI is InChI=1S/C14H20O4/c15-11(4-12(16)17)13(18)14-5-8-1-9(6-14)3-10(2-8)7-14/h8-10,13,18H,1-7H2,(H,16,17). The van der Waals surface area contributed by atoms with Crippen LogP contribution in [0.3, 0.4) is 0 Å². The molecule has 100 valence electrons. The first-order valence-corrected chi connectivity index (χ1v) is 6.91. The maximum absolute atomic E-state index is 11.8. The van der Waals surface area contributed by atoms with Crippen LogP contribution >= 0.6 is 0 Å². The van der Waals surface area contributed by atoms with Crippen molar-refractivity contribution in [2.75, 3.05) is 0 Å². The van der Waals surface area contributed by atoms with Crippen LogP contribution in [0.5, 0.6) is 0 Å². The highest BCUT2D eigenvalue weighted by molar-refractivity contribution is 5.97. The molecular weight excluding hydrogens is 232 g/mol. The van der Waals surface area contributed by atoms with Crippen LogP contribution in [0.4, 0.5) is 0 Å². The van der Waals surface area contributed by atoms with Crippen LogP contribution in [-0.4, -0.2) is 28.1 Å². The molecule has 4 aliphatic rings. The van der Waals surface area contributed by atoms with Crippen LogP contribution < -0.4 is 0 Å². The average molecular weight is 252 g/mol. The van der Waals surface area contributed by atoms with Gasteiger partial charge in [-0.15, -0.1) is 0 Å². The molecule has 0 amide bonds. The third-order valence-electron chi connectivity index (χ3n) is 5.30. The van der Waals surface area contributed by atoms with Crippen LogP contribution in [0.2, 0.25) is 0 Å². The molecule has 1 atom stereocenters. The number of carboxylic acid groups (broad SMARTS) is 1. The van der Waals surface area contributed by atoms with Crippen molar-refractivity contribution in [3.8, 4) is 0 Å². The normalized spacial score (nSPS) is 42.8. The minimum Gasteiger partial charge on any atom is -0.481 e. The number of Topliss-reactive ketones (excluding diaryl/α,β-unsaturated/α-hetero) is 1. The molecule has 2 N–H and O–H groups in total. The number of rotatable bonds is 4. The molecule has 4 saturated carbocycles. The van der Waals surface area contributed by atoms with Crippen molar-refractivity contribution in [2.45, 2.75) is 51.0 Å². The van der Waals surface area contributed by atoms with Gasteiger partial charge in [-0.2, -0.15) is 0 Å². The highest BCUT2D eigenvalue weighted by Crippen LogP contribution is 2.61. The molecule has 4 nitrogen and oxygen atoms in total. The summed E-state index contributed by atoms with van der Waals surface area (Å²) in [5.41, 5.74) is -0.290. The van der Waals surface area contributed by atoms with Crippen molar-refractivity contribution < 1.29 is 19.8 Å². The molecule has 0 saturated heterocycles. The largest absolute Gasteiger partial charge is 0.481 e. The van der Waals surface area contributed by atoms with E-state index in [0.29, 0.717) is 17.8 Å². The van der Waals surface area contributed by atoms with Crippen LogP contribution in [0.1, 0.15) is 44.9 Å². The Labute approximate surface area is 106 Å². The number of hydrogen-bond acceptors (Lipinski definition) is 3. The first-order chi connectivity index (χ1) is 8.48. The summed E-state index contributed by atoms with van der Waals surface area (Å²) in [5, 5.41) is 19.0. The molecule has 1 unspecified atom stereocenters. The summed E-state index contributed by atoms with van der Waals surface area (Å²) in [6.45, 7) is 0. The lowest BCUT2D eigenvalue weighted by Crippen LogP contribution is -2.54. The molecule has 0 aliphatic heterocycles. The van der Waals surface area contributed by atoms with Crippen LogP contribution in [0.15, 0.2) is 0 Å². The van der Waals surface area contributed by atoms with Crippen molar-refractivity contribution in [2.24, 2.45) is 23.2 Å². The van der Waals surface area contributed by atoms with Crippen LogP contribution in [0.25, 0.3) is 0 Å². The fraction of sp³-hybridized carbons (Fsp3) is 0.857. The van der Waals surface area contributed by atoms with Crippen LogP contribution in [-0.2, 0) is 9.59 Å². The Hall–Kier alpha value is -0.900. The zero-order valence-electron chi connectivity index (χ0n) is 10.5. The van der Waals surface area contributed by atoms with Gasteiger partial charge >= 0.3 is 5.97 Å². The summed E-state index contributed by atoms with van der Waals surface area (Å²) < 4.78 is 0. The van der Waals surface area contributed by atoms with Crippen molar-refractivity contribution >= 4 is 11.8 Å². The van der Waals surface area contributed by atoms with Gasteiger partial charge in [-0.25, -0.2) is 0 Å². The van der Waals surface area contributed by atoms with Crippen molar-refractivity contribution in [1.29, 1.82) is 0 Å². The SMILES string of the molecule is O=C(O)CC(=O)C(O)C12CC3CC(CC(C3)C1)C2. The topological polar surface area (TPSA) is 74.6 Å². The van der Waals surface area contributed by atoms with Crippen molar-refractivity contribution in [3.05, 3.63) is 0 Å². The molecule has 0 radical (unpaired) electrons. The maximum Gasteiger partial charge on any atom is 0.310 e. The molecule has 4 bridgehead atoms. The van der Waals surface area contributed by atoms with E-state index in [4.69, 9.17) is 5.11 Å². The number of aliphatic carboxylic acids is 1. The zero-order chi connectivity index (χ0) is 12.9. The van der Waals surface area contributed by atoms with E-state index in [1.54, 1.807) is 0 Å². The second-order valence-corrected chi connectivity index (χ2v) is 6.72. The second-order valence-electron chi connectivity index (χ2n) is 6.72. The Morgan fingerprint density at radius 1 is 1.06 bits per heavy atom. The number of aliphatic hydroxyl groups is 1. The quantitative estimate of drug-likeness (QED) is 0.745. The minimum absolute atomic E-state index is 0.290. The number of aliphatic hydroxyl groups excluding tert-OH is 1. The Kier molecular flexibility index (Phi) is 2.73. The van der Waals surface area contributed by atoms with E-state index in [0.717, 1.165) is 19.3 Å². The lowest BCUT2D eigenvalue weighted by molar-refractivity contribution is -0.157. The fourth-order valence-electron chi connectivity index (χ4n) is 5.10. The van der Waals surface area contributed by atoms with Gasteiger partial charge in [0, 0.05) is 5.41 Å². The average Bonchev–Trinajstić information content (AvgIpc) is 2.25. The van der Waals surface area contributed by atoms with Gasteiger partial charge in [0.15, 0.2) is 5.78 Å². The third kappa shape index (κ3) is 1.87. The predicted molar refractivity (Wildman–Crippen MR) is 63.9 cm³/mol. The summed E-state index contributed by atoms with van der Waals surface area (Å²) in [7, 11) is 0. The van der Waals surface area contributed by atoms with E-state index in [1.165, 1.54) is 19.3 Å². The Morgan fingerprint density at radius 3 is 1.89 bits per heavy atom. The van der Waals surface area contributed by atoms with Crippen molar-refractivity contribution in [1.82, 2.24) is 0 Å². The smallest absolute Gasteiger partial charge is 0.310 e. The lowest BCUT2D eigenvalue weighted by atomic mass is 9.48. The summed E-state index contributed by atoms with van der Waals surface area (Å²) >= 11 is 0. The molecular formula is C14H20O4. The predicted octanol–water partition coefficient (Wildman–Crippen LogP) is 1.61. The molecule has 0 aromatic rings. The van der Waals surface area contributed by atoms with Gasteiger partial charge in [0.05, 0.1) is 0 Å². The number of carbonyl (C=O) groups is 2. The summed E-state index contributed by atoms with van der Waals surface area (Å²) in [5.74, 6) is 0.337. The van der Waals surface area contributed by atoms with Gasteiger partial charge in [0.25, 0.3) is 0 Å². The number of carbonyl (C=O) groups excluding carboxylic acids is 1. The first-order valence-electron chi connectivity index (χ1n) is 6.91. The highest BCUT2D eigenvalue weighted by Gasteiger charge is 2.55. The fourth-order valence-corrected chi connectivity index (χ4v) is 5.10. The second kappa shape index (κ2) is 4.05. The Balaban J connectivity index is 1.78. The van der Waals surface area contributed by atoms with Gasteiger partial charge in [-0.05, 0) is 56.3 Å². The van der Waals surface area contributed by atoms with Crippen LogP contribution in [0, 0.1) is 23.2 Å². The van der Waals surface area contributed by atoms with Gasteiger partial charge < -0.3 is 10.2 Å². The lowest BCUT2D eigenvalue weighted by Gasteiger charge is -2.58. The molecule has 4 fully saturated rings. The maximum atomic E-state index is 11.8. The van der Waals surface area contributed by atoms with Gasteiger partial charge in [-0.1, -0.05) is 0 Å². The molecule has 0 aromatic carbocycles. The number of hydrogen-bond donors (Lipinski definition) is 2. The highest BCUT2D eigenvalue weighted by atomic mass is 16.4. The summed E-state index contributed by atoms with van der Waals surface area (Å²) in [6, 6.07) is 0. The first kappa shape index (κ1) is 12.2. The summed E-state index contributed by atoms with van der Waals surface area (Å²) in [4.78, 5) is 22.4. The molecule has 0 spiro atoms. The van der Waals surface area contributed by atoms with Gasteiger partial charge in [-0.3, -0.25) is 9.59 Å². The molecule has 18 heavy (non-hydrogen) atoms. The van der Waals surface area contributed by atoms with E-state index in [-0.39, 0.29) is 5.41 Å². The number of ketones is 1. The van der Waals surface area contributed by atoms with Crippen molar-refractivity contribution in [3.63, 3.8) is 0 Å². The third-order valence-corrected chi connectivity index (χ3v) is 5.30. The number of carboxylic acids is 1.